The number of benzene rings is 1. The normalized spacial score (nSPS) is 13.1. The molecule has 0 unspecified atom stereocenters. The summed E-state index contributed by atoms with van der Waals surface area (Å²) in [6.07, 6.45) is 2.06. The Morgan fingerprint density at radius 3 is 2.52 bits per heavy atom. The number of hydrogen-bond acceptors (Lipinski definition) is 6. The van der Waals surface area contributed by atoms with Gasteiger partial charge in [-0.3, -0.25) is 0 Å². The van der Waals surface area contributed by atoms with Gasteiger partial charge < -0.3 is 4.57 Å². The van der Waals surface area contributed by atoms with Gasteiger partial charge in [0.15, 0.2) is 11.0 Å². The summed E-state index contributed by atoms with van der Waals surface area (Å²) < 4.78 is 29.7. The summed E-state index contributed by atoms with van der Waals surface area (Å²) in [5.41, 5.74) is 0. The monoisotopic (exact) mass is 420 g/mol. The highest BCUT2D eigenvalue weighted by Crippen LogP contribution is 2.23. The topological polar surface area (TPSA) is 76.9 Å². The van der Waals surface area contributed by atoms with E-state index in [-0.39, 0.29) is 4.90 Å². The summed E-state index contributed by atoms with van der Waals surface area (Å²) in [6.45, 7) is 4.43. The van der Waals surface area contributed by atoms with Gasteiger partial charge in [-0.2, -0.15) is 11.8 Å². The van der Waals surface area contributed by atoms with E-state index < -0.39 is 16.1 Å². The van der Waals surface area contributed by atoms with E-state index in [1.807, 2.05) is 11.5 Å². The Bertz CT molecular complexity index is 794. The predicted octanol–water partition coefficient (Wildman–Crippen LogP) is 3.45. The largest absolute Gasteiger partial charge is 0.305 e. The van der Waals surface area contributed by atoms with Crippen LogP contribution >= 0.6 is 35.1 Å². The van der Waals surface area contributed by atoms with Crippen molar-refractivity contribution >= 4 is 45.1 Å². The quantitative estimate of drug-likeness (QED) is 0.494. The fourth-order valence-electron chi connectivity index (χ4n) is 2.21. The second kappa shape index (κ2) is 9.27. The maximum atomic E-state index is 12.5. The Morgan fingerprint density at radius 1 is 1.24 bits per heavy atom. The van der Waals surface area contributed by atoms with Crippen molar-refractivity contribution in [3.8, 4) is 0 Å². The molecule has 6 nitrogen and oxygen atoms in total. The highest BCUT2D eigenvalue weighted by Gasteiger charge is 2.23. The fourth-order valence-corrected chi connectivity index (χ4v) is 5.19. The van der Waals surface area contributed by atoms with Crippen LogP contribution in [0.2, 0.25) is 5.02 Å². The van der Waals surface area contributed by atoms with E-state index in [0.717, 1.165) is 16.7 Å². The molecule has 2 rings (SSSR count). The van der Waals surface area contributed by atoms with Crippen LogP contribution in [0.1, 0.15) is 25.7 Å². The third-order valence-electron chi connectivity index (χ3n) is 3.42. The number of rotatable bonds is 9. The average molecular weight is 421 g/mol. The number of halogens is 1. The van der Waals surface area contributed by atoms with E-state index in [4.69, 9.17) is 11.6 Å². The molecule has 2 aromatic rings. The van der Waals surface area contributed by atoms with Gasteiger partial charge in [0.25, 0.3) is 0 Å². The Balaban J connectivity index is 2.17. The lowest BCUT2D eigenvalue weighted by Gasteiger charge is -2.15. The second-order valence-corrected chi connectivity index (χ2v) is 9.42. The van der Waals surface area contributed by atoms with Crippen LogP contribution in [0.25, 0.3) is 0 Å². The van der Waals surface area contributed by atoms with Crippen molar-refractivity contribution in [1.29, 1.82) is 0 Å². The van der Waals surface area contributed by atoms with E-state index >= 15 is 0 Å². The third-order valence-corrected chi connectivity index (χ3v) is 7.07. The molecule has 0 fully saturated rings. The number of aromatic nitrogens is 3. The molecule has 1 aromatic carbocycles. The van der Waals surface area contributed by atoms with Crippen molar-refractivity contribution in [1.82, 2.24) is 19.5 Å². The molecular weight excluding hydrogens is 400 g/mol. The van der Waals surface area contributed by atoms with Gasteiger partial charge in [-0.05, 0) is 44.4 Å². The van der Waals surface area contributed by atoms with E-state index in [2.05, 4.69) is 21.2 Å². The van der Waals surface area contributed by atoms with Crippen LogP contribution in [-0.2, 0) is 16.6 Å². The number of nitrogens with one attached hydrogen (secondary N) is 1. The zero-order valence-electron chi connectivity index (χ0n) is 14.3. The molecule has 0 aliphatic carbocycles. The molecule has 1 N–H and O–H groups in total. The minimum atomic E-state index is -3.66. The van der Waals surface area contributed by atoms with Crippen molar-refractivity contribution < 1.29 is 8.42 Å². The van der Waals surface area contributed by atoms with Gasteiger partial charge in [0.1, 0.15) is 0 Å². The molecule has 0 saturated carbocycles. The van der Waals surface area contributed by atoms with Gasteiger partial charge in [-0.1, -0.05) is 23.4 Å². The molecule has 138 valence electrons. The van der Waals surface area contributed by atoms with Crippen molar-refractivity contribution in [3.05, 3.63) is 35.1 Å². The summed E-state index contributed by atoms with van der Waals surface area (Å²) in [7, 11) is -3.66. The lowest BCUT2D eigenvalue weighted by molar-refractivity contribution is 0.539. The molecule has 1 aromatic heterocycles. The molecule has 0 spiro atoms. The molecule has 0 bridgehead atoms. The Kier molecular flexibility index (Phi) is 7.63. The summed E-state index contributed by atoms with van der Waals surface area (Å²) in [5.74, 6) is 2.56. The zero-order chi connectivity index (χ0) is 18.4. The average Bonchev–Trinajstić information content (AvgIpc) is 2.98. The summed E-state index contributed by atoms with van der Waals surface area (Å²) in [4.78, 5) is 0.167. The molecule has 0 radical (unpaired) electrons. The van der Waals surface area contributed by atoms with E-state index in [1.165, 1.54) is 12.1 Å². The lowest BCUT2D eigenvalue weighted by Crippen LogP contribution is -2.29. The molecule has 0 aliphatic rings. The zero-order valence-corrected chi connectivity index (χ0v) is 17.5. The number of hydrogen-bond donors (Lipinski definition) is 1. The highest BCUT2D eigenvalue weighted by molar-refractivity contribution is 8.02. The van der Waals surface area contributed by atoms with Crippen LogP contribution in [0.3, 0.4) is 0 Å². The van der Waals surface area contributed by atoms with Gasteiger partial charge in [0.05, 0.1) is 10.9 Å². The standard InChI is InChI=1S/C15H21ClN4O2S3/c1-4-20-14(17-18-15(20)24-10-9-23-3)11(2)19-25(21,22)13-7-5-12(16)6-8-13/h5-8,11,19H,4,9-10H2,1-3H3/t11-/m1/s1. The summed E-state index contributed by atoms with van der Waals surface area (Å²) in [6, 6.07) is 5.56. The van der Waals surface area contributed by atoms with Crippen LogP contribution in [0.5, 0.6) is 0 Å². The Labute approximate surface area is 162 Å². The molecule has 0 aliphatic heterocycles. The molecule has 0 amide bonds. The number of thioether (sulfide) groups is 2. The first-order chi connectivity index (χ1) is 11.9. The third kappa shape index (κ3) is 5.37. The smallest absolute Gasteiger partial charge is 0.241 e. The molecule has 1 atom stereocenters. The molecule has 0 saturated heterocycles. The Hall–Kier alpha value is -0.740. The van der Waals surface area contributed by atoms with Crippen molar-refractivity contribution in [2.75, 3.05) is 17.8 Å². The van der Waals surface area contributed by atoms with E-state index in [0.29, 0.717) is 17.4 Å². The van der Waals surface area contributed by atoms with Crippen molar-refractivity contribution in [3.63, 3.8) is 0 Å². The minimum absolute atomic E-state index is 0.167. The van der Waals surface area contributed by atoms with Gasteiger partial charge in [0.2, 0.25) is 10.0 Å². The molecule has 25 heavy (non-hydrogen) atoms. The van der Waals surface area contributed by atoms with Crippen LogP contribution < -0.4 is 4.72 Å². The van der Waals surface area contributed by atoms with Crippen molar-refractivity contribution in [2.24, 2.45) is 0 Å². The number of sulfonamides is 1. The van der Waals surface area contributed by atoms with E-state index in [9.17, 15) is 8.42 Å². The summed E-state index contributed by atoms with van der Waals surface area (Å²) >= 11 is 9.22. The first-order valence-electron chi connectivity index (χ1n) is 7.71. The summed E-state index contributed by atoms with van der Waals surface area (Å²) in [5, 5.41) is 9.70. The van der Waals surface area contributed by atoms with Crippen LogP contribution in [0, 0.1) is 0 Å². The Morgan fingerprint density at radius 2 is 1.92 bits per heavy atom. The van der Waals surface area contributed by atoms with Crippen LogP contribution in [0.15, 0.2) is 34.3 Å². The molecule has 1 heterocycles. The van der Waals surface area contributed by atoms with Gasteiger partial charge in [-0.25, -0.2) is 13.1 Å². The number of nitrogens with zero attached hydrogens (tertiary/aromatic N) is 3. The van der Waals surface area contributed by atoms with Gasteiger partial charge >= 0.3 is 0 Å². The van der Waals surface area contributed by atoms with Crippen LogP contribution in [-0.4, -0.2) is 40.9 Å². The van der Waals surface area contributed by atoms with Gasteiger partial charge in [-0.15, -0.1) is 10.2 Å². The van der Waals surface area contributed by atoms with Gasteiger partial charge in [0, 0.05) is 23.1 Å². The fraction of sp³-hybridized carbons (Fsp3) is 0.467. The molecule has 10 heteroatoms. The second-order valence-electron chi connectivity index (χ2n) is 5.22. The SMILES string of the molecule is CCn1c(SCCSC)nnc1[C@@H](C)NS(=O)(=O)c1ccc(Cl)cc1. The van der Waals surface area contributed by atoms with Crippen molar-refractivity contribution in [2.45, 2.75) is 36.5 Å². The minimum Gasteiger partial charge on any atom is -0.305 e. The molecular formula is C15H21ClN4O2S3. The first kappa shape index (κ1) is 20.6. The lowest BCUT2D eigenvalue weighted by atomic mass is 10.3. The first-order valence-corrected chi connectivity index (χ1v) is 12.0. The van der Waals surface area contributed by atoms with E-state index in [1.54, 1.807) is 42.6 Å². The predicted molar refractivity (Wildman–Crippen MR) is 105 cm³/mol. The van der Waals surface area contributed by atoms with Crippen LogP contribution in [0.4, 0.5) is 0 Å². The maximum Gasteiger partial charge on any atom is 0.241 e. The maximum absolute atomic E-state index is 12.5. The highest BCUT2D eigenvalue weighted by atomic mass is 35.5.